The van der Waals surface area contributed by atoms with Crippen LogP contribution >= 0.6 is 0 Å². The number of carbonyl (C=O) groups is 1. The molecule has 2 heterocycles. The summed E-state index contributed by atoms with van der Waals surface area (Å²) in [4.78, 5) is 16.9. The summed E-state index contributed by atoms with van der Waals surface area (Å²) >= 11 is 0. The third-order valence-corrected chi connectivity index (χ3v) is 5.59. The van der Waals surface area contributed by atoms with Crippen molar-refractivity contribution in [3.8, 4) is 0 Å². The Morgan fingerprint density at radius 2 is 1.96 bits per heavy atom. The zero-order chi connectivity index (χ0) is 16.6. The summed E-state index contributed by atoms with van der Waals surface area (Å²) in [5.74, 6) is 0.0580. The van der Waals surface area contributed by atoms with Crippen LogP contribution in [-0.2, 0) is 17.6 Å². The van der Waals surface area contributed by atoms with Crippen LogP contribution < -0.4 is 0 Å². The van der Waals surface area contributed by atoms with Gasteiger partial charge in [-0.15, -0.1) is 0 Å². The van der Waals surface area contributed by atoms with Crippen LogP contribution in [0.1, 0.15) is 34.3 Å². The van der Waals surface area contributed by atoms with Crippen molar-refractivity contribution in [2.45, 2.75) is 31.3 Å². The highest BCUT2D eigenvalue weighted by molar-refractivity contribution is 5.94. The maximum atomic E-state index is 12.8. The summed E-state index contributed by atoms with van der Waals surface area (Å²) in [6, 6.07) is 6.11. The lowest BCUT2D eigenvalue weighted by Crippen LogP contribution is -2.49. The van der Waals surface area contributed by atoms with E-state index in [1.807, 2.05) is 11.0 Å². The lowest BCUT2D eigenvalue weighted by atomic mass is 10.0. The van der Waals surface area contributed by atoms with Crippen molar-refractivity contribution < 1.29 is 14.6 Å². The third kappa shape index (κ3) is 3.21. The number of fused-ring (bicyclic) bond motifs is 1. The molecule has 2 saturated heterocycles. The number of β-amino-alcohol motifs (C(OH)–C–C–N with tert-alkyl or cyclic N) is 1. The molecule has 1 aliphatic carbocycles. The second-order valence-corrected chi connectivity index (χ2v) is 7.43. The van der Waals surface area contributed by atoms with Crippen LogP contribution in [0.15, 0.2) is 18.2 Å². The lowest BCUT2D eigenvalue weighted by molar-refractivity contribution is -0.0257. The number of aryl methyl sites for hydroxylation is 2. The molecule has 1 amide bonds. The number of aliphatic hydroxyl groups is 1. The molecule has 0 bridgehead atoms. The van der Waals surface area contributed by atoms with Crippen molar-refractivity contribution in [1.82, 2.24) is 9.80 Å². The standard InChI is InChI=1S/C19H26N2O3/c22-18(17-5-4-15-2-1-3-16(15)12-17)21-7-6-19(23,14-21)13-20-8-10-24-11-9-20/h4-5,12,23H,1-3,6-11,13-14H2/t19-/m0/s1. The molecule has 130 valence electrons. The highest BCUT2D eigenvalue weighted by Crippen LogP contribution is 2.27. The smallest absolute Gasteiger partial charge is 0.253 e. The summed E-state index contributed by atoms with van der Waals surface area (Å²) in [6.45, 7) is 4.88. The van der Waals surface area contributed by atoms with Gasteiger partial charge in [-0.3, -0.25) is 9.69 Å². The molecule has 0 saturated carbocycles. The molecular formula is C19H26N2O3. The molecule has 1 aromatic rings. The first kappa shape index (κ1) is 16.1. The Balaban J connectivity index is 1.41. The van der Waals surface area contributed by atoms with Gasteiger partial charge in [0.15, 0.2) is 0 Å². The maximum Gasteiger partial charge on any atom is 0.253 e. The second kappa shape index (κ2) is 6.47. The average molecular weight is 330 g/mol. The number of amides is 1. The highest BCUT2D eigenvalue weighted by atomic mass is 16.5. The van der Waals surface area contributed by atoms with Crippen molar-refractivity contribution >= 4 is 5.91 Å². The van der Waals surface area contributed by atoms with E-state index in [-0.39, 0.29) is 5.91 Å². The Hall–Kier alpha value is -1.43. The van der Waals surface area contributed by atoms with Gasteiger partial charge >= 0.3 is 0 Å². The molecule has 2 fully saturated rings. The molecule has 5 heteroatoms. The van der Waals surface area contributed by atoms with Crippen LogP contribution in [0.5, 0.6) is 0 Å². The zero-order valence-electron chi connectivity index (χ0n) is 14.2. The molecule has 0 radical (unpaired) electrons. The van der Waals surface area contributed by atoms with Crippen LogP contribution in [0.3, 0.4) is 0 Å². The van der Waals surface area contributed by atoms with Crippen LogP contribution in [0.4, 0.5) is 0 Å². The van der Waals surface area contributed by atoms with Crippen LogP contribution in [-0.4, -0.2) is 72.4 Å². The Kier molecular flexibility index (Phi) is 4.33. The van der Waals surface area contributed by atoms with Gasteiger partial charge in [0.25, 0.3) is 5.91 Å². The summed E-state index contributed by atoms with van der Waals surface area (Å²) in [7, 11) is 0. The van der Waals surface area contributed by atoms with Crippen LogP contribution in [0.2, 0.25) is 0 Å². The highest BCUT2D eigenvalue weighted by Gasteiger charge is 2.40. The molecule has 0 aromatic heterocycles. The molecule has 24 heavy (non-hydrogen) atoms. The van der Waals surface area contributed by atoms with Crippen molar-refractivity contribution in [3.63, 3.8) is 0 Å². The van der Waals surface area contributed by atoms with Crippen molar-refractivity contribution in [1.29, 1.82) is 0 Å². The number of likely N-dealkylation sites (tertiary alicyclic amines) is 1. The number of hydrogen-bond acceptors (Lipinski definition) is 4. The van der Waals surface area contributed by atoms with E-state index in [1.165, 1.54) is 17.5 Å². The second-order valence-electron chi connectivity index (χ2n) is 7.43. The molecular weight excluding hydrogens is 304 g/mol. The first-order chi connectivity index (χ1) is 11.6. The SMILES string of the molecule is O=C(c1ccc2c(c1)CCC2)N1CC[C@](O)(CN2CCOCC2)C1. The molecule has 2 aliphatic heterocycles. The molecule has 5 nitrogen and oxygen atoms in total. The van der Waals surface area contributed by atoms with E-state index in [0.717, 1.165) is 44.7 Å². The minimum absolute atomic E-state index is 0.0580. The Labute approximate surface area is 143 Å². The van der Waals surface area contributed by atoms with E-state index in [4.69, 9.17) is 4.74 Å². The van der Waals surface area contributed by atoms with Crippen LogP contribution in [0.25, 0.3) is 0 Å². The quantitative estimate of drug-likeness (QED) is 0.901. The Morgan fingerprint density at radius 1 is 1.17 bits per heavy atom. The monoisotopic (exact) mass is 330 g/mol. The van der Waals surface area contributed by atoms with E-state index in [0.29, 0.717) is 26.1 Å². The molecule has 3 aliphatic rings. The number of carbonyl (C=O) groups excluding carboxylic acids is 1. The fraction of sp³-hybridized carbons (Fsp3) is 0.632. The van der Waals surface area contributed by atoms with Crippen molar-refractivity contribution in [3.05, 3.63) is 34.9 Å². The fourth-order valence-corrected chi connectivity index (χ4v) is 4.22. The van der Waals surface area contributed by atoms with Gasteiger partial charge < -0.3 is 14.7 Å². The fourth-order valence-electron chi connectivity index (χ4n) is 4.22. The number of morpholine rings is 1. The first-order valence-corrected chi connectivity index (χ1v) is 9.07. The van der Waals surface area contributed by atoms with E-state index in [9.17, 15) is 9.90 Å². The van der Waals surface area contributed by atoms with Gasteiger partial charge in [0, 0.05) is 31.7 Å². The topological polar surface area (TPSA) is 53.0 Å². The summed E-state index contributed by atoms with van der Waals surface area (Å²) in [5, 5.41) is 10.9. The van der Waals surface area contributed by atoms with E-state index in [2.05, 4.69) is 17.0 Å². The first-order valence-electron chi connectivity index (χ1n) is 9.07. The molecule has 1 atom stereocenters. The number of ether oxygens (including phenoxy) is 1. The molecule has 4 rings (SSSR count). The minimum Gasteiger partial charge on any atom is -0.387 e. The van der Waals surface area contributed by atoms with Gasteiger partial charge in [0.1, 0.15) is 0 Å². The lowest BCUT2D eigenvalue weighted by Gasteiger charge is -2.33. The van der Waals surface area contributed by atoms with Gasteiger partial charge in [-0.2, -0.15) is 0 Å². The molecule has 1 aromatic carbocycles. The molecule has 0 spiro atoms. The molecule has 0 unspecified atom stereocenters. The number of hydrogen-bond donors (Lipinski definition) is 1. The van der Waals surface area contributed by atoms with Crippen molar-refractivity contribution in [2.24, 2.45) is 0 Å². The van der Waals surface area contributed by atoms with Gasteiger partial charge in [-0.25, -0.2) is 0 Å². The van der Waals surface area contributed by atoms with Gasteiger partial charge in [-0.1, -0.05) is 6.07 Å². The average Bonchev–Trinajstić information content (AvgIpc) is 3.21. The maximum absolute atomic E-state index is 12.8. The number of rotatable bonds is 3. The van der Waals surface area contributed by atoms with E-state index >= 15 is 0 Å². The van der Waals surface area contributed by atoms with E-state index < -0.39 is 5.60 Å². The number of nitrogens with zero attached hydrogens (tertiary/aromatic N) is 2. The molecule has 1 N–H and O–H groups in total. The van der Waals surface area contributed by atoms with E-state index in [1.54, 1.807) is 0 Å². The van der Waals surface area contributed by atoms with Gasteiger partial charge in [0.05, 0.1) is 25.4 Å². The Morgan fingerprint density at radius 3 is 2.79 bits per heavy atom. The summed E-state index contributed by atoms with van der Waals surface area (Å²) < 4.78 is 5.36. The predicted octanol–water partition coefficient (Wildman–Crippen LogP) is 1.08. The zero-order valence-corrected chi connectivity index (χ0v) is 14.2. The van der Waals surface area contributed by atoms with Crippen molar-refractivity contribution in [2.75, 3.05) is 45.9 Å². The third-order valence-electron chi connectivity index (χ3n) is 5.59. The largest absolute Gasteiger partial charge is 0.387 e. The number of benzene rings is 1. The minimum atomic E-state index is -0.788. The predicted molar refractivity (Wildman–Crippen MR) is 91.2 cm³/mol. The van der Waals surface area contributed by atoms with Crippen LogP contribution in [0, 0.1) is 0 Å². The normalized spacial score (nSPS) is 27.5. The van der Waals surface area contributed by atoms with Gasteiger partial charge in [0.2, 0.25) is 0 Å². The van der Waals surface area contributed by atoms with Gasteiger partial charge in [-0.05, 0) is 48.9 Å². The summed E-state index contributed by atoms with van der Waals surface area (Å²) in [6.07, 6.45) is 4.06. The Bertz CT molecular complexity index is 627. The summed E-state index contributed by atoms with van der Waals surface area (Å²) in [5.41, 5.74) is 2.69.